The first-order valence-electron chi connectivity index (χ1n) is 6.93. The van der Waals surface area contributed by atoms with Gasteiger partial charge in [0, 0.05) is 11.8 Å². The first-order valence-corrected chi connectivity index (χ1v) is 6.93. The molecule has 0 atom stereocenters. The van der Waals surface area contributed by atoms with Crippen LogP contribution in [0, 0.1) is 25.2 Å². The summed E-state index contributed by atoms with van der Waals surface area (Å²) in [6.07, 6.45) is 3.35. The third-order valence-corrected chi connectivity index (χ3v) is 3.34. The van der Waals surface area contributed by atoms with Crippen LogP contribution >= 0.6 is 0 Å². The summed E-state index contributed by atoms with van der Waals surface area (Å²) in [6.45, 7) is 3.96. The Morgan fingerprint density at radius 3 is 2.36 bits per heavy atom. The van der Waals surface area contributed by atoms with Crippen molar-refractivity contribution in [3.8, 4) is 28.7 Å². The van der Waals surface area contributed by atoms with Gasteiger partial charge in [-0.2, -0.15) is 5.26 Å². The van der Waals surface area contributed by atoms with E-state index in [2.05, 4.69) is 21.0 Å². The number of aromatic nitrogens is 3. The van der Waals surface area contributed by atoms with Crippen LogP contribution in [-0.4, -0.2) is 15.0 Å². The maximum atomic E-state index is 9.10. The van der Waals surface area contributed by atoms with Crippen LogP contribution in [-0.2, 0) is 0 Å². The van der Waals surface area contributed by atoms with Crippen molar-refractivity contribution in [2.45, 2.75) is 13.8 Å². The Labute approximate surface area is 129 Å². The van der Waals surface area contributed by atoms with Gasteiger partial charge in [0.05, 0.1) is 28.7 Å². The molecule has 0 aliphatic carbocycles. The molecule has 0 radical (unpaired) electrons. The van der Waals surface area contributed by atoms with Gasteiger partial charge in [-0.1, -0.05) is 6.07 Å². The molecule has 0 saturated carbocycles. The molecule has 0 amide bonds. The van der Waals surface area contributed by atoms with Gasteiger partial charge >= 0.3 is 0 Å². The molecule has 2 aromatic heterocycles. The molecule has 0 spiro atoms. The lowest BCUT2D eigenvalue weighted by atomic mass is 10.0. The number of rotatable bonds is 2. The van der Waals surface area contributed by atoms with Gasteiger partial charge in [-0.15, -0.1) is 0 Å². The minimum Gasteiger partial charge on any atom is -0.254 e. The topological polar surface area (TPSA) is 62.5 Å². The van der Waals surface area contributed by atoms with Gasteiger partial charge in [0.1, 0.15) is 6.33 Å². The molecule has 0 bridgehead atoms. The molecule has 0 unspecified atom stereocenters. The van der Waals surface area contributed by atoms with Crippen LogP contribution in [0.2, 0.25) is 0 Å². The molecule has 106 valence electrons. The Hall–Kier alpha value is -3.06. The van der Waals surface area contributed by atoms with E-state index in [4.69, 9.17) is 5.26 Å². The van der Waals surface area contributed by atoms with Crippen molar-refractivity contribution in [2.24, 2.45) is 0 Å². The molecule has 2 heterocycles. The highest BCUT2D eigenvalue weighted by Crippen LogP contribution is 2.23. The summed E-state index contributed by atoms with van der Waals surface area (Å²) in [4.78, 5) is 13.0. The van der Waals surface area contributed by atoms with Crippen molar-refractivity contribution < 1.29 is 0 Å². The van der Waals surface area contributed by atoms with Gasteiger partial charge < -0.3 is 0 Å². The van der Waals surface area contributed by atoms with Crippen molar-refractivity contribution in [1.82, 2.24) is 15.0 Å². The van der Waals surface area contributed by atoms with E-state index >= 15 is 0 Å². The molecule has 4 nitrogen and oxygen atoms in total. The summed E-state index contributed by atoms with van der Waals surface area (Å²) < 4.78 is 0. The molecule has 0 fully saturated rings. The van der Waals surface area contributed by atoms with Gasteiger partial charge in [0.25, 0.3) is 0 Å². The monoisotopic (exact) mass is 286 g/mol. The summed E-state index contributed by atoms with van der Waals surface area (Å²) in [5, 5.41) is 9.10. The Bertz CT molecular complexity index is 861. The first kappa shape index (κ1) is 13.9. The van der Waals surface area contributed by atoms with E-state index in [0.29, 0.717) is 5.56 Å². The molecule has 0 aliphatic rings. The molecule has 3 aromatic rings. The second kappa shape index (κ2) is 5.74. The van der Waals surface area contributed by atoms with E-state index in [1.807, 2.05) is 56.4 Å². The Kier molecular flexibility index (Phi) is 3.63. The van der Waals surface area contributed by atoms with Crippen LogP contribution in [0.25, 0.3) is 22.6 Å². The van der Waals surface area contributed by atoms with Crippen LogP contribution in [0.1, 0.15) is 16.7 Å². The van der Waals surface area contributed by atoms with Crippen LogP contribution in [0.5, 0.6) is 0 Å². The van der Waals surface area contributed by atoms with Crippen LogP contribution < -0.4 is 0 Å². The summed E-state index contributed by atoms with van der Waals surface area (Å²) >= 11 is 0. The van der Waals surface area contributed by atoms with E-state index in [1.54, 1.807) is 0 Å². The molecule has 0 saturated heterocycles. The zero-order chi connectivity index (χ0) is 15.5. The Balaban J connectivity index is 2.06. The SMILES string of the molecule is Cc1ccc(-c2cc(-c3cc(C)cc(C#N)c3)ncn2)nc1. The number of pyridine rings is 1. The maximum Gasteiger partial charge on any atom is 0.116 e. The fourth-order valence-corrected chi connectivity index (χ4v) is 2.27. The van der Waals surface area contributed by atoms with Crippen molar-refractivity contribution in [2.75, 3.05) is 0 Å². The molecule has 3 rings (SSSR count). The van der Waals surface area contributed by atoms with Gasteiger partial charge in [-0.3, -0.25) is 4.98 Å². The van der Waals surface area contributed by atoms with E-state index in [1.165, 1.54) is 6.33 Å². The fourth-order valence-electron chi connectivity index (χ4n) is 2.27. The van der Waals surface area contributed by atoms with Gasteiger partial charge in [0.15, 0.2) is 0 Å². The lowest BCUT2D eigenvalue weighted by molar-refractivity contribution is 1.15. The van der Waals surface area contributed by atoms with Gasteiger partial charge in [-0.25, -0.2) is 9.97 Å². The minimum atomic E-state index is 0.628. The number of aryl methyl sites for hydroxylation is 2. The number of hydrogen-bond donors (Lipinski definition) is 0. The summed E-state index contributed by atoms with van der Waals surface area (Å²) in [5.74, 6) is 0. The maximum absolute atomic E-state index is 9.10. The zero-order valence-electron chi connectivity index (χ0n) is 12.4. The second-order valence-corrected chi connectivity index (χ2v) is 5.21. The molecule has 0 aliphatic heterocycles. The normalized spacial score (nSPS) is 10.2. The van der Waals surface area contributed by atoms with Crippen molar-refractivity contribution in [3.05, 3.63) is 65.6 Å². The van der Waals surface area contributed by atoms with Crippen molar-refractivity contribution in [1.29, 1.82) is 5.26 Å². The van der Waals surface area contributed by atoms with E-state index in [0.717, 1.165) is 33.8 Å². The highest BCUT2D eigenvalue weighted by molar-refractivity contribution is 5.67. The molecule has 1 aromatic carbocycles. The minimum absolute atomic E-state index is 0.628. The first-order chi connectivity index (χ1) is 10.7. The summed E-state index contributed by atoms with van der Waals surface area (Å²) in [6, 6.07) is 13.7. The van der Waals surface area contributed by atoms with E-state index in [-0.39, 0.29) is 0 Å². The third kappa shape index (κ3) is 2.84. The number of nitrogens with zero attached hydrogens (tertiary/aromatic N) is 4. The number of hydrogen-bond acceptors (Lipinski definition) is 4. The highest BCUT2D eigenvalue weighted by atomic mass is 14.9. The average molecular weight is 286 g/mol. The molecule has 22 heavy (non-hydrogen) atoms. The van der Waals surface area contributed by atoms with E-state index in [9.17, 15) is 0 Å². The summed E-state index contributed by atoms with van der Waals surface area (Å²) in [5.41, 5.74) is 6.04. The highest BCUT2D eigenvalue weighted by Gasteiger charge is 2.07. The second-order valence-electron chi connectivity index (χ2n) is 5.21. The van der Waals surface area contributed by atoms with Crippen molar-refractivity contribution in [3.63, 3.8) is 0 Å². The van der Waals surface area contributed by atoms with E-state index < -0.39 is 0 Å². The Morgan fingerprint density at radius 2 is 1.64 bits per heavy atom. The Morgan fingerprint density at radius 1 is 0.818 bits per heavy atom. The predicted molar refractivity (Wildman–Crippen MR) is 84.9 cm³/mol. The van der Waals surface area contributed by atoms with Crippen LogP contribution in [0.4, 0.5) is 0 Å². The standard InChI is InChI=1S/C18H14N4/c1-12-3-4-16(20-10-12)18-8-17(21-11-22-18)15-6-13(2)5-14(7-15)9-19/h3-8,10-11H,1-2H3. The zero-order valence-corrected chi connectivity index (χ0v) is 12.4. The van der Waals surface area contributed by atoms with Crippen LogP contribution in [0.3, 0.4) is 0 Å². The average Bonchev–Trinajstić information content (AvgIpc) is 2.55. The quantitative estimate of drug-likeness (QED) is 0.720. The van der Waals surface area contributed by atoms with Crippen molar-refractivity contribution >= 4 is 0 Å². The number of nitriles is 1. The predicted octanol–water partition coefficient (Wildman–Crippen LogP) is 3.69. The summed E-state index contributed by atoms with van der Waals surface area (Å²) in [7, 11) is 0. The fraction of sp³-hybridized carbons (Fsp3) is 0.111. The number of benzene rings is 1. The largest absolute Gasteiger partial charge is 0.254 e. The molecule has 4 heteroatoms. The lowest BCUT2D eigenvalue weighted by Crippen LogP contribution is -1.92. The van der Waals surface area contributed by atoms with Crippen LogP contribution in [0.15, 0.2) is 48.9 Å². The molecule has 0 N–H and O–H groups in total. The molecular formula is C18H14N4. The van der Waals surface area contributed by atoms with Gasteiger partial charge in [-0.05, 0) is 55.3 Å². The lowest BCUT2D eigenvalue weighted by Gasteiger charge is -2.06. The smallest absolute Gasteiger partial charge is 0.116 e. The molecular weight excluding hydrogens is 272 g/mol. The third-order valence-electron chi connectivity index (χ3n) is 3.34. The van der Waals surface area contributed by atoms with Gasteiger partial charge in [0.2, 0.25) is 0 Å².